The molecule has 0 fully saturated rings. The number of hydrogen-bond donors (Lipinski definition) is 1. The van der Waals surface area contributed by atoms with Crippen LogP contribution in [0, 0.1) is 11.3 Å². The van der Waals surface area contributed by atoms with Crippen LogP contribution in [0.5, 0.6) is 0 Å². The van der Waals surface area contributed by atoms with Crippen molar-refractivity contribution in [3.05, 3.63) is 35.4 Å². The molecule has 3 nitrogen and oxygen atoms in total. The van der Waals surface area contributed by atoms with Gasteiger partial charge in [0.2, 0.25) is 0 Å². The zero-order chi connectivity index (χ0) is 12.7. The Balaban J connectivity index is 2.25. The van der Waals surface area contributed by atoms with E-state index in [2.05, 4.69) is 10.1 Å². The SMILES string of the molecule is N#Cc1cccc(CNCCOC(F)(F)F)c1. The summed E-state index contributed by atoms with van der Waals surface area (Å²) < 4.78 is 38.5. The van der Waals surface area contributed by atoms with Crippen molar-refractivity contribution in [3.8, 4) is 6.07 Å². The normalized spacial score (nSPS) is 11.2. The number of nitriles is 1. The molecular formula is C11H11F3N2O. The summed E-state index contributed by atoms with van der Waals surface area (Å²) in [6.07, 6.45) is -4.58. The molecule has 0 aliphatic rings. The van der Waals surface area contributed by atoms with Crippen molar-refractivity contribution in [2.75, 3.05) is 13.2 Å². The van der Waals surface area contributed by atoms with Gasteiger partial charge in [0.25, 0.3) is 0 Å². The van der Waals surface area contributed by atoms with Crippen molar-refractivity contribution in [2.45, 2.75) is 12.9 Å². The van der Waals surface area contributed by atoms with Crippen LogP contribution in [-0.2, 0) is 11.3 Å². The first-order chi connectivity index (χ1) is 8.01. The molecule has 0 saturated heterocycles. The van der Waals surface area contributed by atoms with E-state index >= 15 is 0 Å². The summed E-state index contributed by atoms with van der Waals surface area (Å²) in [5, 5.41) is 11.4. The van der Waals surface area contributed by atoms with Crippen molar-refractivity contribution >= 4 is 0 Å². The highest BCUT2D eigenvalue weighted by Crippen LogP contribution is 2.15. The number of hydrogen-bond acceptors (Lipinski definition) is 3. The van der Waals surface area contributed by atoms with Crippen molar-refractivity contribution in [2.24, 2.45) is 0 Å². The molecule has 1 rings (SSSR count). The van der Waals surface area contributed by atoms with Crippen molar-refractivity contribution in [1.29, 1.82) is 5.26 Å². The van der Waals surface area contributed by atoms with Crippen LogP contribution in [0.3, 0.4) is 0 Å². The lowest BCUT2D eigenvalue weighted by molar-refractivity contribution is -0.323. The van der Waals surface area contributed by atoms with Gasteiger partial charge in [-0.2, -0.15) is 5.26 Å². The van der Waals surface area contributed by atoms with Gasteiger partial charge in [0.05, 0.1) is 18.2 Å². The second-order valence-electron chi connectivity index (χ2n) is 3.28. The summed E-state index contributed by atoms with van der Waals surface area (Å²) in [5.74, 6) is 0. The highest BCUT2D eigenvalue weighted by molar-refractivity contribution is 5.32. The van der Waals surface area contributed by atoms with E-state index in [1.165, 1.54) is 0 Å². The molecule has 0 aromatic heterocycles. The Bertz CT molecular complexity index is 398. The van der Waals surface area contributed by atoms with Crippen LogP contribution in [-0.4, -0.2) is 19.5 Å². The highest BCUT2D eigenvalue weighted by atomic mass is 19.4. The van der Waals surface area contributed by atoms with E-state index in [1.54, 1.807) is 24.3 Å². The first-order valence-corrected chi connectivity index (χ1v) is 4.92. The Labute approximate surface area is 96.8 Å². The smallest absolute Gasteiger partial charge is 0.310 e. The van der Waals surface area contributed by atoms with E-state index in [-0.39, 0.29) is 6.54 Å². The maximum absolute atomic E-state index is 11.6. The summed E-state index contributed by atoms with van der Waals surface area (Å²) >= 11 is 0. The maximum atomic E-state index is 11.6. The van der Waals surface area contributed by atoms with Gasteiger partial charge in [-0.1, -0.05) is 12.1 Å². The molecule has 0 radical (unpaired) electrons. The van der Waals surface area contributed by atoms with Gasteiger partial charge in [0.15, 0.2) is 0 Å². The number of benzene rings is 1. The quantitative estimate of drug-likeness (QED) is 0.807. The van der Waals surface area contributed by atoms with Gasteiger partial charge in [0, 0.05) is 13.1 Å². The molecular weight excluding hydrogens is 233 g/mol. The molecule has 6 heteroatoms. The van der Waals surface area contributed by atoms with Crippen molar-refractivity contribution < 1.29 is 17.9 Å². The third-order valence-corrected chi connectivity index (χ3v) is 1.93. The fourth-order valence-corrected chi connectivity index (χ4v) is 1.22. The van der Waals surface area contributed by atoms with E-state index in [9.17, 15) is 13.2 Å². The van der Waals surface area contributed by atoms with Gasteiger partial charge in [-0.3, -0.25) is 4.74 Å². The van der Waals surface area contributed by atoms with Gasteiger partial charge in [0.1, 0.15) is 0 Å². The first-order valence-electron chi connectivity index (χ1n) is 4.92. The van der Waals surface area contributed by atoms with Crippen LogP contribution in [0.25, 0.3) is 0 Å². The van der Waals surface area contributed by atoms with Gasteiger partial charge < -0.3 is 5.32 Å². The predicted octanol–water partition coefficient (Wildman–Crippen LogP) is 2.18. The summed E-state index contributed by atoms with van der Waals surface area (Å²) in [6.45, 7) is 0.0640. The largest absolute Gasteiger partial charge is 0.522 e. The molecule has 0 unspecified atom stereocenters. The number of nitrogens with one attached hydrogen (secondary N) is 1. The minimum atomic E-state index is -4.58. The highest BCUT2D eigenvalue weighted by Gasteiger charge is 2.28. The van der Waals surface area contributed by atoms with Crippen molar-refractivity contribution in [1.82, 2.24) is 5.32 Å². The molecule has 92 valence electrons. The topological polar surface area (TPSA) is 45.0 Å². The number of ether oxygens (including phenoxy) is 1. The molecule has 0 spiro atoms. The van der Waals surface area contributed by atoms with E-state index in [0.29, 0.717) is 12.1 Å². The molecule has 0 amide bonds. The fourth-order valence-electron chi connectivity index (χ4n) is 1.22. The predicted molar refractivity (Wildman–Crippen MR) is 54.9 cm³/mol. The third-order valence-electron chi connectivity index (χ3n) is 1.93. The monoisotopic (exact) mass is 244 g/mol. The summed E-state index contributed by atoms with van der Waals surface area (Å²) in [6, 6.07) is 8.84. The van der Waals surface area contributed by atoms with Crippen molar-refractivity contribution in [3.63, 3.8) is 0 Å². The zero-order valence-corrected chi connectivity index (χ0v) is 8.92. The Hall–Kier alpha value is -1.58. The molecule has 0 aliphatic carbocycles. The van der Waals surface area contributed by atoms with Gasteiger partial charge in [-0.15, -0.1) is 13.2 Å². The summed E-state index contributed by atoms with van der Waals surface area (Å²) in [5.41, 5.74) is 1.37. The average Bonchev–Trinajstić information content (AvgIpc) is 2.27. The Morgan fingerprint density at radius 2 is 2.12 bits per heavy atom. The molecule has 1 aromatic carbocycles. The van der Waals surface area contributed by atoms with Gasteiger partial charge in [-0.05, 0) is 17.7 Å². The van der Waals surface area contributed by atoms with E-state index in [4.69, 9.17) is 5.26 Å². The lowest BCUT2D eigenvalue weighted by atomic mass is 10.1. The second-order valence-corrected chi connectivity index (χ2v) is 3.28. The molecule has 17 heavy (non-hydrogen) atoms. The number of halogens is 3. The van der Waals surface area contributed by atoms with Gasteiger partial charge in [-0.25, -0.2) is 0 Å². The van der Waals surface area contributed by atoms with Crippen LogP contribution < -0.4 is 5.32 Å². The molecule has 0 bridgehead atoms. The first kappa shape index (κ1) is 13.5. The van der Waals surface area contributed by atoms with E-state index < -0.39 is 13.0 Å². The summed E-state index contributed by atoms with van der Waals surface area (Å²) in [4.78, 5) is 0. The lowest BCUT2D eigenvalue weighted by Crippen LogP contribution is -2.23. The third kappa shape index (κ3) is 5.90. The fraction of sp³-hybridized carbons (Fsp3) is 0.364. The number of alkyl halides is 3. The molecule has 0 heterocycles. The van der Waals surface area contributed by atoms with Crippen LogP contribution >= 0.6 is 0 Å². The molecule has 0 atom stereocenters. The molecule has 1 aromatic rings. The minimum Gasteiger partial charge on any atom is -0.310 e. The second kappa shape index (κ2) is 6.23. The van der Waals surface area contributed by atoms with Crippen LogP contribution in [0.15, 0.2) is 24.3 Å². The van der Waals surface area contributed by atoms with Crippen LogP contribution in [0.4, 0.5) is 13.2 Å². The Morgan fingerprint density at radius 1 is 1.35 bits per heavy atom. The molecule has 1 N–H and O–H groups in total. The average molecular weight is 244 g/mol. The van der Waals surface area contributed by atoms with Crippen LogP contribution in [0.2, 0.25) is 0 Å². The zero-order valence-electron chi connectivity index (χ0n) is 8.92. The Morgan fingerprint density at radius 3 is 2.76 bits per heavy atom. The van der Waals surface area contributed by atoms with E-state index in [1.807, 2.05) is 6.07 Å². The molecule has 0 saturated carbocycles. The van der Waals surface area contributed by atoms with Gasteiger partial charge >= 0.3 is 6.36 Å². The summed E-state index contributed by atoms with van der Waals surface area (Å²) in [7, 11) is 0. The Kier molecular flexibility index (Phi) is 4.94. The molecule has 0 aliphatic heterocycles. The van der Waals surface area contributed by atoms with Crippen LogP contribution in [0.1, 0.15) is 11.1 Å². The van der Waals surface area contributed by atoms with E-state index in [0.717, 1.165) is 5.56 Å². The number of nitrogens with zero attached hydrogens (tertiary/aromatic N) is 1. The minimum absolute atomic E-state index is 0.0935. The standard InChI is InChI=1S/C11H11F3N2O/c12-11(13,14)17-5-4-16-8-10-3-1-2-9(6-10)7-15/h1-3,6,16H,4-5,8H2. The number of rotatable bonds is 5. The maximum Gasteiger partial charge on any atom is 0.522 e. The lowest BCUT2D eigenvalue weighted by Gasteiger charge is -2.08.